The first-order valence-electron chi connectivity index (χ1n) is 7.63. The summed E-state index contributed by atoms with van der Waals surface area (Å²) in [5.41, 5.74) is 1.31. The van der Waals surface area contributed by atoms with Crippen LogP contribution in [0.3, 0.4) is 0 Å². The normalized spacial score (nSPS) is 11.2. The fraction of sp³-hybridized carbons (Fsp3) is 0.167. The zero-order valence-corrected chi connectivity index (χ0v) is 13.7. The Hall–Kier alpha value is -3.24. The summed E-state index contributed by atoms with van der Waals surface area (Å²) in [6.07, 6.45) is 0. The van der Waals surface area contributed by atoms with E-state index in [2.05, 4.69) is 10.6 Å². The molecule has 0 aliphatic rings. The minimum absolute atomic E-state index is 0.0661. The quantitative estimate of drug-likeness (QED) is 0.726. The second kappa shape index (κ2) is 8.57. The van der Waals surface area contributed by atoms with Crippen LogP contribution in [-0.2, 0) is 9.59 Å². The van der Waals surface area contributed by atoms with Crippen LogP contribution in [0.25, 0.3) is 0 Å². The van der Waals surface area contributed by atoms with Crippen molar-refractivity contribution in [3.8, 4) is 6.07 Å². The Bertz CT molecular complexity index is 799. The van der Waals surface area contributed by atoms with E-state index in [9.17, 15) is 14.0 Å². The molecule has 2 amide bonds. The fourth-order valence-corrected chi connectivity index (χ4v) is 2.23. The van der Waals surface area contributed by atoms with Crippen molar-refractivity contribution in [3.05, 3.63) is 59.9 Å². The van der Waals surface area contributed by atoms with Gasteiger partial charge in [0.1, 0.15) is 11.9 Å². The number of carbonyl (C=O) groups excluding carboxylic acids is 2. The molecule has 6 nitrogen and oxygen atoms in total. The van der Waals surface area contributed by atoms with Crippen LogP contribution in [0.5, 0.6) is 0 Å². The molecule has 1 atom stereocenters. The lowest BCUT2D eigenvalue weighted by molar-refractivity contribution is -0.862. The number of halogens is 1. The Kier molecular flexibility index (Phi) is 6.20. The third-order valence-electron chi connectivity index (χ3n) is 3.37. The van der Waals surface area contributed by atoms with Gasteiger partial charge in [-0.1, -0.05) is 12.1 Å². The number of para-hydroxylation sites is 1. The van der Waals surface area contributed by atoms with Gasteiger partial charge in [-0.2, -0.15) is 5.26 Å². The van der Waals surface area contributed by atoms with Crippen molar-refractivity contribution < 1.29 is 18.9 Å². The monoisotopic (exact) mass is 341 g/mol. The largest absolute Gasteiger partial charge is 0.322 e. The molecule has 1 unspecified atom stereocenters. The van der Waals surface area contributed by atoms with E-state index in [0.717, 1.165) is 0 Å². The molecule has 0 aliphatic carbocycles. The molecule has 128 valence electrons. The van der Waals surface area contributed by atoms with E-state index in [0.29, 0.717) is 21.8 Å². The predicted octanol–water partition coefficient (Wildman–Crippen LogP) is 0.789. The highest BCUT2D eigenvalue weighted by molar-refractivity contribution is 5.93. The van der Waals surface area contributed by atoms with Crippen molar-refractivity contribution in [1.82, 2.24) is 0 Å². The van der Waals surface area contributed by atoms with Crippen LogP contribution in [0.1, 0.15) is 5.56 Å². The van der Waals surface area contributed by atoms with Crippen LogP contribution < -0.4 is 15.5 Å². The van der Waals surface area contributed by atoms with Crippen LogP contribution in [0.4, 0.5) is 15.8 Å². The van der Waals surface area contributed by atoms with Crippen LogP contribution in [0.2, 0.25) is 0 Å². The average Bonchev–Trinajstić information content (AvgIpc) is 2.57. The summed E-state index contributed by atoms with van der Waals surface area (Å²) in [5, 5.41) is 14.3. The first kappa shape index (κ1) is 18.1. The van der Waals surface area contributed by atoms with Gasteiger partial charge in [0, 0.05) is 5.69 Å². The lowest BCUT2D eigenvalue weighted by atomic mass is 10.2. The highest BCUT2D eigenvalue weighted by Crippen LogP contribution is 2.12. The van der Waals surface area contributed by atoms with E-state index in [-0.39, 0.29) is 30.7 Å². The predicted molar refractivity (Wildman–Crippen MR) is 91.4 cm³/mol. The van der Waals surface area contributed by atoms with Crippen LogP contribution in [-0.4, -0.2) is 32.0 Å². The molecule has 0 saturated carbocycles. The van der Waals surface area contributed by atoms with Crippen molar-refractivity contribution in [2.24, 2.45) is 0 Å². The van der Waals surface area contributed by atoms with Crippen molar-refractivity contribution in [2.75, 3.05) is 30.8 Å². The fourth-order valence-electron chi connectivity index (χ4n) is 2.23. The van der Waals surface area contributed by atoms with Gasteiger partial charge in [0.2, 0.25) is 0 Å². The van der Waals surface area contributed by atoms with Gasteiger partial charge in [-0.3, -0.25) is 9.59 Å². The Morgan fingerprint density at radius 2 is 1.64 bits per heavy atom. The summed E-state index contributed by atoms with van der Waals surface area (Å²) in [7, 11) is 1.71. The van der Waals surface area contributed by atoms with Gasteiger partial charge in [-0.15, -0.1) is 0 Å². The van der Waals surface area contributed by atoms with Crippen molar-refractivity contribution >= 4 is 23.2 Å². The molecule has 25 heavy (non-hydrogen) atoms. The SMILES string of the molecule is C[NH+](CC(=O)Nc1ccc(F)cc1)CC(=O)Nc1ccccc1C#N. The molecule has 3 N–H and O–H groups in total. The number of rotatable bonds is 6. The Balaban J connectivity index is 1.83. The third kappa shape index (κ3) is 5.71. The van der Waals surface area contributed by atoms with Gasteiger partial charge in [0.05, 0.1) is 18.3 Å². The van der Waals surface area contributed by atoms with Crippen molar-refractivity contribution in [2.45, 2.75) is 0 Å². The number of benzene rings is 2. The molecule has 2 aromatic rings. The number of nitrogens with zero attached hydrogens (tertiary/aromatic N) is 1. The maximum atomic E-state index is 12.8. The molecule has 0 bridgehead atoms. The number of hydrogen-bond donors (Lipinski definition) is 3. The molecular formula is C18H18FN4O2+. The number of amides is 2. The number of carbonyl (C=O) groups is 2. The van der Waals surface area contributed by atoms with Gasteiger partial charge >= 0.3 is 0 Å². The molecule has 0 heterocycles. The third-order valence-corrected chi connectivity index (χ3v) is 3.37. The minimum atomic E-state index is -0.380. The number of likely N-dealkylation sites (N-methyl/N-ethyl adjacent to an activating group) is 1. The van der Waals surface area contributed by atoms with Crippen molar-refractivity contribution in [3.63, 3.8) is 0 Å². The van der Waals surface area contributed by atoms with Gasteiger partial charge in [-0.05, 0) is 36.4 Å². The molecule has 2 aromatic carbocycles. The highest BCUT2D eigenvalue weighted by atomic mass is 19.1. The van der Waals surface area contributed by atoms with Gasteiger partial charge in [0.15, 0.2) is 13.1 Å². The van der Waals surface area contributed by atoms with E-state index in [1.54, 1.807) is 31.3 Å². The van der Waals surface area contributed by atoms with E-state index in [1.165, 1.54) is 24.3 Å². The Morgan fingerprint density at radius 3 is 2.28 bits per heavy atom. The van der Waals surface area contributed by atoms with Crippen LogP contribution in [0.15, 0.2) is 48.5 Å². The summed E-state index contributed by atoms with van der Waals surface area (Å²) in [5.74, 6) is -0.959. The number of quaternary nitrogens is 1. The molecule has 0 aliphatic heterocycles. The van der Waals surface area contributed by atoms with E-state index in [4.69, 9.17) is 5.26 Å². The maximum absolute atomic E-state index is 12.8. The number of hydrogen-bond acceptors (Lipinski definition) is 3. The lowest BCUT2D eigenvalue weighted by Gasteiger charge is -2.14. The molecular weight excluding hydrogens is 323 g/mol. The van der Waals surface area contributed by atoms with Crippen LogP contribution in [0, 0.1) is 17.1 Å². The zero-order valence-electron chi connectivity index (χ0n) is 13.7. The number of anilines is 2. The summed E-state index contributed by atoms with van der Waals surface area (Å²) >= 11 is 0. The number of nitrogens with one attached hydrogen (secondary N) is 3. The summed E-state index contributed by atoms with van der Waals surface area (Å²) in [6, 6.07) is 14.1. The van der Waals surface area contributed by atoms with E-state index < -0.39 is 0 Å². The smallest absolute Gasteiger partial charge is 0.279 e. The summed E-state index contributed by atoms with van der Waals surface area (Å²) in [4.78, 5) is 24.7. The highest BCUT2D eigenvalue weighted by Gasteiger charge is 2.15. The average molecular weight is 341 g/mol. The first-order chi connectivity index (χ1) is 12.0. The lowest BCUT2D eigenvalue weighted by Crippen LogP contribution is -3.11. The molecule has 0 fully saturated rings. The summed E-state index contributed by atoms with van der Waals surface area (Å²) < 4.78 is 12.8. The summed E-state index contributed by atoms with van der Waals surface area (Å²) in [6.45, 7) is 0.140. The molecule has 0 aromatic heterocycles. The van der Waals surface area contributed by atoms with E-state index >= 15 is 0 Å². The van der Waals surface area contributed by atoms with Crippen molar-refractivity contribution in [1.29, 1.82) is 5.26 Å². The Morgan fingerprint density at radius 1 is 1.04 bits per heavy atom. The minimum Gasteiger partial charge on any atom is -0.322 e. The van der Waals surface area contributed by atoms with Gasteiger partial charge in [-0.25, -0.2) is 4.39 Å². The molecule has 7 heteroatoms. The van der Waals surface area contributed by atoms with Gasteiger partial charge < -0.3 is 15.5 Å². The number of nitriles is 1. The Labute approximate surface area is 144 Å². The molecule has 0 radical (unpaired) electrons. The van der Waals surface area contributed by atoms with Crippen LogP contribution >= 0.6 is 0 Å². The first-order valence-corrected chi connectivity index (χ1v) is 7.63. The molecule has 0 saturated heterocycles. The maximum Gasteiger partial charge on any atom is 0.279 e. The standard InChI is InChI=1S/C18H17FN4O2/c1-23(11-17(24)21-15-8-6-14(19)7-9-15)12-18(25)22-16-5-3-2-4-13(16)10-20/h2-9H,11-12H2,1H3,(H,21,24)(H,22,25)/p+1. The second-order valence-corrected chi connectivity index (χ2v) is 5.57. The van der Waals surface area contributed by atoms with Gasteiger partial charge in [0.25, 0.3) is 11.8 Å². The van der Waals surface area contributed by atoms with E-state index in [1.807, 2.05) is 6.07 Å². The zero-order chi connectivity index (χ0) is 18.2. The topological polar surface area (TPSA) is 86.4 Å². The molecule has 2 rings (SSSR count). The second-order valence-electron chi connectivity index (χ2n) is 5.57. The molecule has 0 spiro atoms.